The van der Waals surface area contributed by atoms with Gasteiger partial charge >= 0.3 is 0 Å². The van der Waals surface area contributed by atoms with Crippen LogP contribution in [0.3, 0.4) is 0 Å². The number of ether oxygens (including phenoxy) is 1. The Morgan fingerprint density at radius 2 is 1.95 bits per heavy atom. The maximum atomic E-state index is 13.1. The Balaban J connectivity index is 1.41. The van der Waals surface area contributed by atoms with Crippen LogP contribution in [0.25, 0.3) is 17.1 Å². The van der Waals surface area contributed by atoms with E-state index in [1.807, 2.05) is 37.3 Å². The smallest absolute Gasteiger partial charge is 0.293 e. The Hall–Kier alpha value is -3.72. The number of fused-ring (bicyclic) bond motifs is 1. The van der Waals surface area contributed by atoms with Gasteiger partial charge in [-0.2, -0.15) is 0 Å². The van der Waals surface area contributed by atoms with Crippen molar-refractivity contribution in [1.29, 1.82) is 0 Å². The predicted octanol–water partition coefficient (Wildman–Crippen LogP) is 4.28. The van der Waals surface area contributed by atoms with Crippen LogP contribution >= 0.6 is 0 Å². The van der Waals surface area contributed by atoms with E-state index in [-0.39, 0.29) is 17.5 Å². The van der Waals surface area contributed by atoms with Crippen LogP contribution in [0.4, 0.5) is 11.6 Å². The van der Waals surface area contributed by atoms with Gasteiger partial charge in [-0.25, -0.2) is 9.97 Å². The number of likely N-dealkylation sites (tertiary alicyclic amines) is 1. The molecule has 1 aliphatic carbocycles. The van der Waals surface area contributed by atoms with E-state index in [0.29, 0.717) is 46.4 Å². The molecule has 5 rings (SSSR count). The Bertz CT molecular complexity index is 1450. The van der Waals surface area contributed by atoms with Gasteiger partial charge in [0.2, 0.25) is 5.95 Å². The Morgan fingerprint density at radius 3 is 2.64 bits per heavy atom. The number of allylic oxidation sites excluding steroid dienone is 1. The number of amides is 1. The highest BCUT2D eigenvalue weighted by atomic mass is 16.5. The van der Waals surface area contributed by atoms with Gasteiger partial charge in [0.05, 0.1) is 23.9 Å². The summed E-state index contributed by atoms with van der Waals surface area (Å²) >= 11 is 0. The average molecular weight is 531 g/mol. The zero-order valence-electron chi connectivity index (χ0n) is 23.3. The topological polar surface area (TPSA) is 101 Å². The lowest BCUT2D eigenvalue weighted by Gasteiger charge is -2.29. The van der Waals surface area contributed by atoms with E-state index >= 15 is 0 Å². The summed E-state index contributed by atoms with van der Waals surface area (Å²) < 4.78 is 7.56. The fourth-order valence-electron chi connectivity index (χ4n) is 5.00. The second-order valence-corrected chi connectivity index (χ2v) is 10.7. The fourth-order valence-corrected chi connectivity index (χ4v) is 5.00. The third kappa shape index (κ3) is 5.98. The molecule has 1 saturated carbocycles. The lowest BCUT2D eigenvalue weighted by atomic mass is 10.0. The van der Waals surface area contributed by atoms with Gasteiger partial charge in [0.15, 0.2) is 5.75 Å². The number of aromatic nitrogens is 3. The number of nitrogens with zero attached hydrogens (tertiary/aromatic N) is 4. The molecule has 9 heteroatoms. The molecular formula is C30H38N6O3. The van der Waals surface area contributed by atoms with Crippen molar-refractivity contribution in [2.24, 2.45) is 13.0 Å². The normalized spacial score (nSPS) is 16.6. The fraction of sp³-hybridized carbons (Fsp3) is 0.467. The lowest BCUT2D eigenvalue weighted by molar-refractivity contribution is 0.0917. The molecule has 39 heavy (non-hydrogen) atoms. The number of rotatable bonds is 9. The monoisotopic (exact) mass is 530 g/mol. The van der Waals surface area contributed by atoms with Crippen molar-refractivity contribution in [1.82, 2.24) is 24.8 Å². The summed E-state index contributed by atoms with van der Waals surface area (Å²) in [6.45, 7) is 6.50. The SMILES string of the molecule is CC=Cc1c(OCC2CC2)c(=O)n(C)c2cnc(Nc3ccc(C(=O)NC4CCN(C)CC4)cc3CC)nc12. The number of aryl methyl sites for hydroxylation is 2. The molecule has 2 aliphatic rings. The number of benzene rings is 1. The second kappa shape index (κ2) is 11.6. The van der Waals surface area contributed by atoms with Crippen molar-refractivity contribution < 1.29 is 9.53 Å². The number of anilines is 2. The van der Waals surface area contributed by atoms with Crippen molar-refractivity contribution in [2.75, 3.05) is 32.1 Å². The number of carbonyl (C=O) groups is 1. The number of piperidine rings is 1. The van der Waals surface area contributed by atoms with Crippen molar-refractivity contribution in [2.45, 2.75) is 52.0 Å². The maximum absolute atomic E-state index is 13.1. The van der Waals surface area contributed by atoms with Crippen molar-refractivity contribution in [3.63, 3.8) is 0 Å². The second-order valence-electron chi connectivity index (χ2n) is 10.7. The van der Waals surface area contributed by atoms with E-state index in [1.165, 1.54) is 0 Å². The highest BCUT2D eigenvalue weighted by molar-refractivity contribution is 5.95. The quantitative estimate of drug-likeness (QED) is 0.426. The van der Waals surface area contributed by atoms with E-state index in [2.05, 4.69) is 34.5 Å². The van der Waals surface area contributed by atoms with Crippen LogP contribution in [0.2, 0.25) is 0 Å². The Kier molecular flexibility index (Phi) is 7.97. The van der Waals surface area contributed by atoms with Crippen LogP contribution in [0, 0.1) is 5.92 Å². The molecule has 0 radical (unpaired) electrons. The van der Waals surface area contributed by atoms with Crippen molar-refractivity contribution in [3.8, 4) is 5.75 Å². The minimum Gasteiger partial charge on any atom is -0.487 e. The maximum Gasteiger partial charge on any atom is 0.293 e. The first-order valence-corrected chi connectivity index (χ1v) is 13.9. The molecule has 0 spiro atoms. The van der Waals surface area contributed by atoms with Gasteiger partial charge in [0.25, 0.3) is 11.5 Å². The highest BCUT2D eigenvalue weighted by Gasteiger charge is 2.25. The molecule has 1 saturated heterocycles. The largest absolute Gasteiger partial charge is 0.487 e. The van der Waals surface area contributed by atoms with Gasteiger partial charge in [-0.3, -0.25) is 9.59 Å². The molecule has 206 valence electrons. The van der Waals surface area contributed by atoms with E-state index in [9.17, 15) is 9.59 Å². The van der Waals surface area contributed by atoms with Gasteiger partial charge in [0, 0.05) is 24.3 Å². The lowest BCUT2D eigenvalue weighted by Crippen LogP contribution is -2.43. The van der Waals surface area contributed by atoms with Crippen LogP contribution in [0.1, 0.15) is 61.0 Å². The predicted molar refractivity (Wildman–Crippen MR) is 155 cm³/mol. The molecule has 2 fully saturated rings. The minimum absolute atomic E-state index is 0.0385. The van der Waals surface area contributed by atoms with E-state index in [4.69, 9.17) is 9.72 Å². The molecule has 2 aromatic heterocycles. The van der Waals surface area contributed by atoms with Gasteiger partial charge in [-0.15, -0.1) is 0 Å². The van der Waals surface area contributed by atoms with Gasteiger partial charge in [-0.05, 0) is 88.8 Å². The molecule has 1 aromatic carbocycles. The number of hydrogen-bond donors (Lipinski definition) is 2. The average Bonchev–Trinajstić information content (AvgIpc) is 3.77. The van der Waals surface area contributed by atoms with Crippen LogP contribution in [-0.4, -0.2) is 58.1 Å². The third-order valence-corrected chi connectivity index (χ3v) is 7.67. The molecule has 3 aromatic rings. The molecule has 9 nitrogen and oxygen atoms in total. The molecule has 1 aliphatic heterocycles. The summed E-state index contributed by atoms with van der Waals surface area (Å²) in [4.78, 5) is 37.7. The number of pyridine rings is 1. The molecular weight excluding hydrogens is 492 g/mol. The van der Waals surface area contributed by atoms with Crippen molar-refractivity contribution in [3.05, 3.63) is 57.5 Å². The van der Waals surface area contributed by atoms with Crippen LogP contribution < -0.4 is 20.9 Å². The molecule has 0 bridgehead atoms. The molecule has 0 unspecified atom stereocenters. The Morgan fingerprint density at radius 1 is 1.18 bits per heavy atom. The van der Waals surface area contributed by atoms with Gasteiger partial charge in [-0.1, -0.05) is 19.1 Å². The zero-order valence-corrected chi connectivity index (χ0v) is 23.3. The molecule has 1 amide bonds. The number of nitrogens with one attached hydrogen (secondary N) is 2. The summed E-state index contributed by atoms with van der Waals surface area (Å²) in [6, 6.07) is 5.90. The number of carbonyl (C=O) groups excluding carboxylic acids is 1. The first-order valence-electron chi connectivity index (χ1n) is 13.9. The Labute approximate surface area is 229 Å². The van der Waals surface area contributed by atoms with Crippen molar-refractivity contribution >= 4 is 34.7 Å². The van der Waals surface area contributed by atoms with E-state index in [1.54, 1.807) is 17.8 Å². The van der Waals surface area contributed by atoms with Crippen LogP contribution in [0.15, 0.2) is 35.3 Å². The summed E-state index contributed by atoms with van der Waals surface area (Å²) in [7, 11) is 3.83. The molecule has 3 heterocycles. The summed E-state index contributed by atoms with van der Waals surface area (Å²) in [5.74, 6) is 1.23. The van der Waals surface area contributed by atoms with Crippen LogP contribution in [0.5, 0.6) is 5.75 Å². The summed E-state index contributed by atoms with van der Waals surface area (Å²) in [5, 5.41) is 6.53. The zero-order chi connectivity index (χ0) is 27.5. The first-order chi connectivity index (χ1) is 18.9. The van der Waals surface area contributed by atoms with E-state index in [0.717, 1.165) is 56.4 Å². The third-order valence-electron chi connectivity index (χ3n) is 7.67. The molecule has 2 N–H and O–H groups in total. The van der Waals surface area contributed by atoms with Gasteiger partial charge < -0.3 is 24.8 Å². The summed E-state index contributed by atoms with van der Waals surface area (Å²) in [5.41, 5.74) is 4.24. The molecule has 0 atom stereocenters. The standard InChI is InChI=1S/C30H38N6O3/c1-5-7-23-26-25(36(4)29(38)27(23)39-18-19-8-9-19)17-31-30(34-26)33-24-11-10-21(16-20(24)6-2)28(37)32-22-12-14-35(3)15-13-22/h5,7,10-11,16-17,19,22H,6,8-9,12-15,18H2,1-4H3,(H,32,37)(H,31,33,34). The van der Waals surface area contributed by atoms with Crippen LogP contribution in [-0.2, 0) is 13.5 Å². The van der Waals surface area contributed by atoms with Gasteiger partial charge in [0.1, 0.15) is 5.52 Å². The highest BCUT2D eigenvalue weighted by Crippen LogP contribution is 2.31. The number of hydrogen-bond acceptors (Lipinski definition) is 7. The summed E-state index contributed by atoms with van der Waals surface area (Å²) in [6.07, 6.45) is 10.4. The first kappa shape index (κ1) is 26.9. The minimum atomic E-state index is -0.192. The van der Waals surface area contributed by atoms with E-state index < -0.39 is 0 Å².